The average molecular weight is 355 g/mol. The number of hydrogen-bond acceptors (Lipinski definition) is 3. The Morgan fingerprint density at radius 1 is 1.38 bits per heavy atom. The summed E-state index contributed by atoms with van der Waals surface area (Å²) in [6.45, 7) is 2.00. The fraction of sp³-hybridized carbons (Fsp3) is 0.467. The van der Waals surface area contributed by atoms with Crippen LogP contribution in [-0.2, 0) is 9.59 Å². The van der Waals surface area contributed by atoms with E-state index in [-0.39, 0.29) is 11.8 Å². The summed E-state index contributed by atoms with van der Waals surface area (Å²) in [5, 5.41) is 11.9. The molecule has 0 aromatic heterocycles. The number of carboxylic acid groups (broad SMARTS) is 1. The Balaban J connectivity index is 1.79. The van der Waals surface area contributed by atoms with Crippen LogP contribution in [0.4, 0.5) is 5.69 Å². The van der Waals surface area contributed by atoms with Crippen molar-refractivity contribution in [1.82, 2.24) is 4.90 Å². The van der Waals surface area contributed by atoms with Crippen molar-refractivity contribution in [1.29, 1.82) is 0 Å². The van der Waals surface area contributed by atoms with Crippen molar-refractivity contribution >= 4 is 33.5 Å². The number of carbonyl (C=O) groups is 2. The third kappa shape index (κ3) is 4.82. The minimum atomic E-state index is -0.739. The number of likely N-dealkylation sites (tertiary alicyclic amines) is 1. The molecule has 1 aromatic carbocycles. The molecule has 0 saturated carbocycles. The van der Waals surface area contributed by atoms with Gasteiger partial charge in [0, 0.05) is 24.0 Å². The molecule has 1 unspecified atom stereocenters. The van der Waals surface area contributed by atoms with E-state index in [1.165, 1.54) is 0 Å². The fourth-order valence-electron chi connectivity index (χ4n) is 2.50. The lowest BCUT2D eigenvalue weighted by Crippen LogP contribution is -2.40. The van der Waals surface area contributed by atoms with Crippen LogP contribution >= 0.6 is 15.9 Å². The number of rotatable bonds is 5. The first-order chi connectivity index (χ1) is 10.1. The Hall–Kier alpha value is -1.40. The molecule has 1 atom stereocenters. The van der Waals surface area contributed by atoms with Crippen molar-refractivity contribution in [3.63, 3.8) is 0 Å². The van der Waals surface area contributed by atoms with Crippen molar-refractivity contribution in [3.05, 3.63) is 28.7 Å². The molecule has 1 aliphatic rings. The Labute approximate surface area is 132 Å². The number of amides is 1. The molecule has 1 heterocycles. The molecule has 1 fully saturated rings. The van der Waals surface area contributed by atoms with Crippen molar-refractivity contribution in [2.75, 3.05) is 25.0 Å². The second-order valence-electron chi connectivity index (χ2n) is 5.26. The zero-order chi connectivity index (χ0) is 15.2. The van der Waals surface area contributed by atoms with Crippen LogP contribution in [0, 0.1) is 5.92 Å². The lowest BCUT2D eigenvalue weighted by molar-refractivity contribution is -0.143. The summed E-state index contributed by atoms with van der Waals surface area (Å²) in [7, 11) is 0. The standard InChI is InChI=1S/C15H19BrN2O3/c16-12-5-1-2-6-13(12)17-14(19)7-9-18-8-3-4-11(10-18)15(20)21/h1-2,5-6,11H,3-4,7-10H2,(H,17,19)(H,20,21). The number of para-hydroxylation sites is 1. The molecule has 0 radical (unpaired) electrons. The fourth-order valence-corrected chi connectivity index (χ4v) is 2.88. The molecule has 1 aliphatic heterocycles. The third-order valence-corrected chi connectivity index (χ3v) is 4.35. The van der Waals surface area contributed by atoms with Crippen LogP contribution in [-0.4, -0.2) is 41.5 Å². The van der Waals surface area contributed by atoms with Gasteiger partial charge in [-0.15, -0.1) is 0 Å². The van der Waals surface area contributed by atoms with E-state index in [1.54, 1.807) is 0 Å². The zero-order valence-electron chi connectivity index (χ0n) is 11.7. The number of nitrogens with zero attached hydrogens (tertiary/aromatic N) is 1. The van der Waals surface area contributed by atoms with E-state index in [0.717, 1.165) is 29.5 Å². The third-order valence-electron chi connectivity index (χ3n) is 3.66. The lowest BCUT2D eigenvalue weighted by atomic mass is 9.98. The number of hydrogen-bond donors (Lipinski definition) is 2. The first-order valence-electron chi connectivity index (χ1n) is 7.06. The summed E-state index contributed by atoms with van der Waals surface area (Å²) in [5.74, 6) is -1.10. The normalized spacial score (nSPS) is 19.2. The van der Waals surface area contributed by atoms with E-state index in [9.17, 15) is 9.59 Å². The van der Waals surface area contributed by atoms with Crippen LogP contribution in [0.5, 0.6) is 0 Å². The second-order valence-corrected chi connectivity index (χ2v) is 6.11. The van der Waals surface area contributed by atoms with E-state index in [4.69, 9.17) is 5.11 Å². The molecule has 0 spiro atoms. The number of carboxylic acids is 1. The highest BCUT2D eigenvalue weighted by atomic mass is 79.9. The Kier molecular flexibility index (Phi) is 5.76. The quantitative estimate of drug-likeness (QED) is 0.852. The van der Waals surface area contributed by atoms with E-state index < -0.39 is 5.97 Å². The molecule has 5 nitrogen and oxygen atoms in total. The maximum absolute atomic E-state index is 11.9. The highest BCUT2D eigenvalue weighted by Crippen LogP contribution is 2.21. The van der Waals surface area contributed by atoms with Crippen LogP contribution in [0.2, 0.25) is 0 Å². The van der Waals surface area contributed by atoms with Crippen LogP contribution in [0.25, 0.3) is 0 Å². The molecule has 2 N–H and O–H groups in total. The molecular formula is C15H19BrN2O3. The van der Waals surface area contributed by atoms with Gasteiger partial charge in [-0.1, -0.05) is 12.1 Å². The Morgan fingerprint density at radius 2 is 2.14 bits per heavy atom. The summed E-state index contributed by atoms with van der Waals surface area (Å²) >= 11 is 3.39. The number of benzene rings is 1. The van der Waals surface area contributed by atoms with Gasteiger partial charge in [-0.25, -0.2) is 0 Å². The molecular weight excluding hydrogens is 336 g/mol. The van der Waals surface area contributed by atoms with Crippen LogP contribution in [0.15, 0.2) is 28.7 Å². The monoisotopic (exact) mass is 354 g/mol. The van der Waals surface area contributed by atoms with Gasteiger partial charge in [0.15, 0.2) is 0 Å². The van der Waals surface area contributed by atoms with Crippen molar-refractivity contribution < 1.29 is 14.7 Å². The molecule has 0 aliphatic carbocycles. The minimum Gasteiger partial charge on any atom is -0.481 e. The summed E-state index contributed by atoms with van der Waals surface area (Å²) in [6.07, 6.45) is 1.98. The van der Waals surface area contributed by atoms with Gasteiger partial charge in [0.1, 0.15) is 0 Å². The summed E-state index contributed by atoms with van der Waals surface area (Å²) in [4.78, 5) is 25.0. The maximum Gasteiger partial charge on any atom is 0.307 e. The summed E-state index contributed by atoms with van der Waals surface area (Å²) in [6, 6.07) is 7.46. The van der Waals surface area contributed by atoms with Crippen molar-refractivity contribution in [3.8, 4) is 0 Å². The minimum absolute atomic E-state index is 0.0562. The topological polar surface area (TPSA) is 69.6 Å². The van der Waals surface area contributed by atoms with Gasteiger partial charge in [-0.05, 0) is 47.4 Å². The zero-order valence-corrected chi connectivity index (χ0v) is 13.3. The number of nitrogens with one attached hydrogen (secondary N) is 1. The molecule has 1 amide bonds. The van der Waals surface area contributed by atoms with E-state index in [2.05, 4.69) is 26.1 Å². The number of aliphatic carboxylic acids is 1. The highest BCUT2D eigenvalue weighted by Gasteiger charge is 2.25. The van der Waals surface area contributed by atoms with Crippen LogP contribution < -0.4 is 5.32 Å². The van der Waals surface area contributed by atoms with Gasteiger partial charge >= 0.3 is 5.97 Å². The number of piperidine rings is 1. The van der Waals surface area contributed by atoms with Gasteiger partial charge in [-0.3, -0.25) is 9.59 Å². The predicted molar refractivity (Wildman–Crippen MR) is 84.2 cm³/mol. The van der Waals surface area contributed by atoms with Gasteiger partial charge in [0.25, 0.3) is 0 Å². The molecule has 1 aromatic rings. The Bertz CT molecular complexity index is 521. The number of anilines is 1. The first kappa shape index (κ1) is 16.0. The SMILES string of the molecule is O=C(CCN1CCCC(C(=O)O)C1)Nc1ccccc1Br. The second kappa shape index (κ2) is 7.56. The van der Waals surface area contributed by atoms with Crippen LogP contribution in [0.3, 0.4) is 0 Å². The van der Waals surface area contributed by atoms with Gasteiger partial charge in [0.2, 0.25) is 5.91 Å². The molecule has 2 rings (SSSR count). The highest BCUT2D eigenvalue weighted by molar-refractivity contribution is 9.10. The first-order valence-corrected chi connectivity index (χ1v) is 7.85. The summed E-state index contributed by atoms with van der Waals surface area (Å²) in [5.41, 5.74) is 0.754. The van der Waals surface area contributed by atoms with E-state index >= 15 is 0 Å². The smallest absolute Gasteiger partial charge is 0.307 e. The number of halogens is 1. The van der Waals surface area contributed by atoms with Crippen molar-refractivity contribution in [2.24, 2.45) is 5.92 Å². The molecule has 114 valence electrons. The Morgan fingerprint density at radius 3 is 2.86 bits per heavy atom. The lowest BCUT2D eigenvalue weighted by Gasteiger charge is -2.30. The van der Waals surface area contributed by atoms with Gasteiger partial charge in [-0.2, -0.15) is 0 Å². The predicted octanol–water partition coefficient (Wildman–Crippen LogP) is 2.57. The van der Waals surface area contributed by atoms with Crippen LogP contribution in [0.1, 0.15) is 19.3 Å². The molecule has 0 bridgehead atoms. The average Bonchev–Trinajstić information content (AvgIpc) is 2.48. The molecule has 6 heteroatoms. The molecule has 1 saturated heterocycles. The van der Waals surface area contributed by atoms with Gasteiger partial charge < -0.3 is 15.3 Å². The maximum atomic E-state index is 11.9. The largest absolute Gasteiger partial charge is 0.481 e. The summed E-state index contributed by atoms with van der Waals surface area (Å²) < 4.78 is 0.849. The number of carbonyl (C=O) groups excluding carboxylic acids is 1. The van der Waals surface area contributed by atoms with Gasteiger partial charge in [0.05, 0.1) is 11.6 Å². The van der Waals surface area contributed by atoms with Crippen molar-refractivity contribution in [2.45, 2.75) is 19.3 Å². The molecule has 21 heavy (non-hydrogen) atoms. The van der Waals surface area contributed by atoms with E-state index in [1.807, 2.05) is 24.3 Å². The van der Waals surface area contributed by atoms with E-state index in [0.29, 0.717) is 19.5 Å².